The van der Waals surface area contributed by atoms with Gasteiger partial charge < -0.3 is 15.2 Å². The van der Waals surface area contributed by atoms with E-state index in [4.69, 9.17) is 4.52 Å². The summed E-state index contributed by atoms with van der Waals surface area (Å²) >= 11 is 0. The molecule has 0 aliphatic carbocycles. The second-order valence-electron chi connectivity index (χ2n) is 10.8. The molecule has 11 heteroatoms. The van der Waals surface area contributed by atoms with E-state index in [1.807, 2.05) is 58.0 Å². The number of benzene rings is 2. The Morgan fingerprint density at radius 3 is 2.51 bits per heavy atom. The number of anilines is 3. The Labute approximate surface area is 235 Å². The van der Waals surface area contributed by atoms with Crippen LogP contribution < -0.4 is 21.5 Å². The first kappa shape index (κ1) is 27.5. The molecular weight excluding hydrogens is 525 g/mol. The molecule has 0 bridgehead atoms. The minimum Gasteiger partial charge on any atom is -0.348 e. The summed E-state index contributed by atoms with van der Waals surface area (Å²) in [7, 11) is 1.62. The fraction of sp³-hybridized carbons (Fsp3) is 0.233. The molecule has 0 radical (unpaired) electrons. The molecule has 3 heterocycles. The number of rotatable bonds is 6. The Morgan fingerprint density at radius 1 is 1.05 bits per heavy atom. The maximum Gasteiger partial charge on any atom is 0.326 e. The Hall–Kier alpha value is -5.06. The number of hydrogen-bond acceptors (Lipinski definition) is 7. The number of amides is 2. The third-order valence-electron chi connectivity index (χ3n) is 6.63. The third-order valence-corrected chi connectivity index (χ3v) is 6.63. The number of aryl methyl sites for hydroxylation is 1. The molecule has 1 atom stereocenters. The molecule has 0 saturated carbocycles. The van der Waals surface area contributed by atoms with Crippen molar-refractivity contribution in [2.75, 3.05) is 16.0 Å². The van der Waals surface area contributed by atoms with E-state index in [0.29, 0.717) is 33.8 Å². The van der Waals surface area contributed by atoms with Gasteiger partial charge >= 0.3 is 6.03 Å². The van der Waals surface area contributed by atoms with Crippen molar-refractivity contribution >= 4 is 34.6 Å². The minimum absolute atomic E-state index is 0.0446. The minimum atomic E-state index is -0.720. The van der Waals surface area contributed by atoms with Crippen LogP contribution in [-0.2, 0) is 12.5 Å². The molecule has 5 aromatic rings. The second kappa shape index (κ2) is 10.8. The lowest BCUT2D eigenvalue weighted by Crippen LogP contribution is -2.21. The molecule has 2 aromatic carbocycles. The van der Waals surface area contributed by atoms with Crippen molar-refractivity contribution in [3.05, 3.63) is 94.3 Å². The molecule has 0 spiro atoms. The van der Waals surface area contributed by atoms with Crippen molar-refractivity contribution < 1.29 is 13.7 Å². The summed E-state index contributed by atoms with van der Waals surface area (Å²) in [5.74, 6) is -0.155. The van der Waals surface area contributed by atoms with Gasteiger partial charge in [0, 0.05) is 35.7 Å². The summed E-state index contributed by atoms with van der Waals surface area (Å²) in [6.45, 7) is 7.88. The van der Waals surface area contributed by atoms with Gasteiger partial charge in [-0.1, -0.05) is 62.3 Å². The number of nitrogens with zero attached hydrogens (tertiary/aromatic N) is 4. The standard InChI is InChI=1S/C30H30FN7O3/c1-17(18-9-7-6-8-10-18)33-28-32-16-20-13-21(27(39)38(5)26(20)36-28)19-11-12-22(31)23(14-19)34-29(40)35-25-15-24(37-41-25)30(2,3)4/h6-17H,1-5H3,(H,32,33,36)(H2,34,35,40). The zero-order valence-corrected chi connectivity index (χ0v) is 23.3. The van der Waals surface area contributed by atoms with Crippen LogP contribution in [0.5, 0.6) is 0 Å². The molecule has 5 rings (SSSR count). The summed E-state index contributed by atoms with van der Waals surface area (Å²) in [6, 6.07) is 16.4. The molecule has 0 fully saturated rings. The van der Waals surface area contributed by atoms with Crippen molar-refractivity contribution in [3.8, 4) is 11.1 Å². The number of nitrogens with one attached hydrogen (secondary N) is 3. The molecule has 0 aliphatic heterocycles. The first-order chi connectivity index (χ1) is 19.5. The topological polar surface area (TPSA) is 127 Å². The van der Waals surface area contributed by atoms with Crippen molar-refractivity contribution in [1.29, 1.82) is 0 Å². The van der Waals surface area contributed by atoms with Crippen LogP contribution in [0.25, 0.3) is 22.2 Å². The third kappa shape index (κ3) is 5.93. The predicted molar refractivity (Wildman–Crippen MR) is 156 cm³/mol. The van der Waals surface area contributed by atoms with E-state index in [9.17, 15) is 14.0 Å². The quantitative estimate of drug-likeness (QED) is 0.226. The van der Waals surface area contributed by atoms with Gasteiger partial charge in [-0.2, -0.15) is 4.98 Å². The average Bonchev–Trinajstić information content (AvgIpc) is 3.42. The van der Waals surface area contributed by atoms with Crippen LogP contribution in [0.15, 0.2) is 76.2 Å². The number of carbonyl (C=O) groups excluding carboxylic acids is 1. The van der Waals surface area contributed by atoms with Gasteiger partial charge in [-0.15, -0.1) is 0 Å². The van der Waals surface area contributed by atoms with Crippen LogP contribution in [-0.4, -0.2) is 25.7 Å². The van der Waals surface area contributed by atoms with Crippen molar-refractivity contribution in [1.82, 2.24) is 19.7 Å². The number of urea groups is 1. The van der Waals surface area contributed by atoms with Gasteiger partial charge in [-0.05, 0) is 36.2 Å². The monoisotopic (exact) mass is 555 g/mol. The van der Waals surface area contributed by atoms with Crippen LogP contribution in [0.4, 0.5) is 26.7 Å². The second-order valence-corrected chi connectivity index (χ2v) is 10.8. The Kier molecular flexibility index (Phi) is 7.27. The van der Waals surface area contributed by atoms with Gasteiger partial charge in [0.2, 0.25) is 11.8 Å². The van der Waals surface area contributed by atoms with Gasteiger partial charge in [-0.3, -0.25) is 14.7 Å². The van der Waals surface area contributed by atoms with Gasteiger partial charge in [0.25, 0.3) is 5.56 Å². The van der Waals surface area contributed by atoms with Crippen molar-refractivity contribution in [2.24, 2.45) is 7.05 Å². The van der Waals surface area contributed by atoms with E-state index in [1.165, 1.54) is 22.8 Å². The molecular formula is C30H30FN7O3. The highest BCUT2D eigenvalue weighted by atomic mass is 19.1. The lowest BCUT2D eigenvalue weighted by atomic mass is 9.92. The number of carbonyl (C=O) groups is 1. The van der Waals surface area contributed by atoms with Crippen molar-refractivity contribution in [3.63, 3.8) is 0 Å². The fourth-order valence-corrected chi connectivity index (χ4v) is 4.28. The fourth-order valence-electron chi connectivity index (χ4n) is 4.28. The van der Waals surface area contributed by atoms with Crippen LogP contribution in [0, 0.1) is 5.82 Å². The number of hydrogen-bond donors (Lipinski definition) is 3. The largest absolute Gasteiger partial charge is 0.348 e. The van der Waals surface area contributed by atoms with E-state index in [1.54, 1.807) is 25.4 Å². The highest BCUT2D eigenvalue weighted by Crippen LogP contribution is 2.27. The van der Waals surface area contributed by atoms with Gasteiger partial charge in [0.15, 0.2) is 0 Å². The van der Waals surface area contributed by atoms with Gasteiger partial charge in [0.1, 0.15) is 11.5 Å². The Balaban J connectivity index is 1.39. The Morgan fingerprint density at radius 2 is 1.80 bits per heavy atom. The van der Waals surface area contributed by atoms with Crippen molar-refractivity contribution in [2.45, 2.75) is 39.2 Å². The van der Waals surface area contributed by atoms with Crippen LogP contribution in [0.3, 0.4) is 0 Å². The van der Waals surface area contributed by atoms with Crippen LogP contribution in [0.2, 0.25) is 0 Å². The van der Waals surface area contributed by atoms with E-state index >= 15 is 0 Å². The molecule has 0 saturated heterocycles. The van der Waals surface area contributed by atoms with Gasteiger partial charge in [0.05, 0.1) is 17.4 Å². The zero-order chi connectivity index (χ0) is 29.3. The molecule has 2 amide bonds. The average molecular weight is 556 g/mol. The molecule has 3 N–H and O–H groups in total. The van der Waals surface area contributed by atoms with Crippen LogP contribution in [0.1, 0.15) is 45.0 Å². The van der Waals surface area contributed by atoms with E-state index in [2.05, 4.69) is 31.1 Å². The number of aromatic nitrogens is 4. The molecule has 10 nitrogen and oxygen atoms in total. The summed E-state index contributed by atoms with van der Waals surface area (Å²) in [4.78, 5) is 34.9. The predicted octanol–water partition coefficient (Wildman–Crippen LogP) is 6.24. The smallest absolute Gasteiger partial charge is 0.326 e. The maximum atomic E-state index is 14.7. The lowest BCUT2D eigenvalue weighted by Gasteiger charge is -2.15. The number of pyridine rings is 1. The summed E-state index contributed by atoms with van der Waals surface area (Å²) in [6.07, 6.45) is 1.63. The summed E-state index contributed by atoms with van der Waals surface area (Å²) < 4.78 is 21.3. The van der Waals surface area contributed by atoms with E-state index in [-0.39, 0.29) is 28.6 Å². The molecule has 0 aliphatic rings. The van der Waals surface area contributed by atoms with E-state index < -0.39 is 11.8 Å². The molecule has 1 unspecified atom stereocenters. The maximum absolute atomic E-state index is 14.7. The normalized spacial score (nSPS) is 12.2. The molecule has 41 heavy (non-hydrogen) atoms. The SMILES string of the molecule is CC(Nc1ncc2cc(-c3ccc(F)c(NC(=O)Nc4cc(C(C)(C)C)no4)c3)c(=O)n(C)c2n1)c1ccccc1. The highest BCUT2D eigenvalue weighted by molar-refractivity contribution is 5.99. The summed E-state index contributed by atoms with van der Waals surface area (Å²) in [5, 5.41) is 12.8. The number of fused-ring (bicyclic) bond motifs is 1. The zero-order valence-electron chi connectivity index (χ0n) is 23.3. The van der Waals surface area contributed by atoms with E-state index in [0.717, 1.165) is 5.56 Å². The molecule has 3 aromatic heterocycles. The first-order valence-corrected chi connectivity index (χ1v) is 13.0. The Bertz CT molecular complexity index is 1790. The van der Waals surface area contributed by atoms with Crippen LogP contribution >= 0.6 is 0 Å². The van der Waals surface area contributed by atoms with Gasteiger partial charge in [-0.25, -0.2) is 14.2 Å². The first-order valence-electron chi connectivity index (χ1n) is 13.0. The molecule has 210 valence electrons. The highest BCUT2D eigenvalue weighted by Gasteiger charge is 2.20. The number of halogens is 1. The lowest BCUT2D eigenvalue weighted by molar-refractivity contribution is 0.261. The summed E-state index contributed by atoms with van der Waals surface area (Å²) in [5.41, 5.74) is 2.18.